The molecule has 4 rings (SSSR count). The minimum absolute atomic E-state index is 0.00925. The number of thiazole rings is 1. The van der Waals surface area contributed by atoms with E-state index in [4.69, 9.17) is 5.11 Å². The number of piperidine rings is 1. The maximum absolute atomic E-state index is 12.8. The molecule has 1 amide bonds. The first kappa shape index (κ1) is 15.8. The molecule has 25 heavy (non-hydrogen) atoms. The fourth-order valence-electron chi connectivity index (χ4n) is 3.17. The minimum atomic E-state index is -0.940. The predicted octanol–water partition coefficient (Wildman–Crippen LogP) is 2.51. The average Bonchev–Trinajstić information content (AvgIpc) is 3.29. The van der Waals surface area contributed by atoms with Crippen molar-refractivity contribution in [1.29, 1.82) is 0 Å². The van der Waals surface area contributed by atoms with Gasteiger partial charge < -0.3 is 10.0 Å². The van der Waals surface area contributed by atoms with Gasteiger partial charge in [-0.25, -0.2) is 14.3 Å². The van der Waals surface area contributed by atoms with Gasteiger partial charge >= 0.3 is 5.97 Å². The number of aromatic nitrogens is 3. The molecule has 3 aromatic heterocycles. The van der Waals surface area contributed by atoms with Gasteiger partial charge in [-0.2, -0.15) is 5.10 Å². The topological polar surface area (TPSA) is 87.8 Å². The van der Waals surface area contributed by atoms with Crippen LogP contribution in [0, 0.1) is 0 Å². The molecule has 4 heterocycles. The lowest BCUT2D eigenvalue weighted by molar-refractivity contribution is 0.0697. The van der Waals surface area contributed by atoms with Crippen molar-refractivity contribution in [3.63, 3.8) is 0 Å². The van der Waals surface area contributed by atoms with Crippen molar-refractivity contribution in [1.82, 2.24) is 19.5 Å². The Labute approximate surface area is 147 Å². The number of nitrogens with zero attached hydrogens (tertiary/aromatic N) is 4. The molecule has 0 unspecified atom stereocenters. The van der Waals surface area contributed by atoms with E-state index in [-0.39, 0.29) is 16.7 Å². The largest absolute Gasteiger partial charge is 0.477 e. The van der Waals surface area contributed by atoms with Crippen molar-refractivity contribution >= 4 is 28.7 Å². The lowest BCUT2D eigenvalue weighted by atomic mass is 9.97. The van der Waals surface area contributed by atoms with Crippen LogP contribution in [0.4, 0.5) is 0 Å². The van der Waals surface area contributed by atoms with Crippen LogP contribution in [0.3, 0.4) is 0 Å². The quantitative estimate of drug-likeness (QED) is 0.779. The van der Waals surface area contributed by atoms with E-state index in [1.165, 1.54) is 17.5 Å². The van der Waals surface area contributed by atoms with Crippen LogP contribution in [-0.2, 0) is 0 Å². The Hall–Kier alpha value is -2.74. The first-order chi connectivity index (χ1) is 12.1. The molecule has 1 N–H and O–H groups in total. The van der Waals surface area contributed by atoms with Crippen LogP contribution in [0.25, 0.3) is 5.52 Å². The van der Waals surface area contributed by atoms with E-state index in [0.29, 0.717) is 18.7 Å². The molecule has 1 saturated heterocycles. The number of carbonyl (C=O) groups is 2. The third-order valence-corrected chi connectivity index (χ3v) is 5.67. The Kier molecular flexibility index (Phi) is 3.96. The Morgan fingerprint density at radius 2 is 2.00 bits per heavy atom. The maximum Gasteiger partial charge on any atom is 0.347 e. The monoisotopic (exact) mass is 356 g/mol. The molecule has 7 nitrogen and oxygen atoms in total. The van der Waals surface area contributed by atoms with Gasteiger partial charge in [0.2, 0.25) is 0 Å². The second-order valence-electron chi connectivity index (χ2n) is 6.02. The molecule has 0 aromatic carbocycles. The molecule has 8 heteroatoms. The number of amides is 1. The van der Waals surface area contributed by atoms with Gasteiger partial charge in [-0.05, 0) is 25.0 Å². The van der Waals surface area contributed by atoms with E-state index in [1.807, 2.05) is 29.3 Å². The Balaban J connectivity index is 1.46. The maximum atomic E-state index is 12.8. The van der Waals surface area contributed by atoms with E-state index in [2.05, 4.69) is 10.1 Å². The molecular weight excluding hydrogens is 340 g/mol. The number of fused-ring (bicyclic) bond motifs is 1. The summed E-state index contributed by atoms with van der Waals surface area (Å²) < 4.78 is 1.70. The molecule has 0 bridgehead atoms. The summed E-state index contributed by atoms with van der Waals surface area (Å²) in [5, 5.41) is 14.1. The Morgan fingerprint density at radius 1 is 1.20 bits per heavy atom. The van der Waals surface area contributed by atoms with E-state index >= 15 is 0 Å². The highest BCUT2D eigenvalue weighted by molar-refractivity contribution is 7.13. The number of pyridine rings is 1. The average molecular weight is 356 g/mol. The normalized spacial score (nSPS) is 15.6. The number of carboxylic acids is 1. The summed E-state index contributed by atoms with van der Waals surface area (Å²) in [6.07, 6.45) is 6.43. The second kappa shape index (κ2) is 6.29. The lowest BCUT2D eigenvalue weighted by Crippen LogP contribution is -2.37. The van der Waals surface area contributed by atoms with Gasteiger partial charge in [0, 0.05) is 25.2 Å². The van der Waals surface area contributed by atoms with Gasteiger partial charge in [-0.3, -0.25) is 4.79 Å². The highest BCUT2D eigenvalue weighted by atomic mass is 32.1. The zero-order chi connectivity index (χ0) is 17.4. The van der Waals surface area contributed by atoms with Crippen molar-refractivity contribution < 1.29 is 14.7 Å². The number of hydrogen-bond acceptors (Lipinski definition) is 5. The fraction of sp³-hybridized carbons (Fsp3) is 0.294. The minimum Gasteiger partial charge on any atom is -0.477 e. The summed E-state index contributed by atoms with van der Waals surface area (Å²) >= 11 is 1.23. The number of rotatable bonds is 3. The van der Waals surface area contributed by atoms with Crippen LogP contribution in [0.5, 0.6) is 0 Å². The smallest absolute Gasteiger partial charge is 0.347 e. The Morgan fingerprint density at radius 3 is 2.72 bits per heavy atom. The molecule has 128 valence electrons. The SMILES string of the molecule is O=C(O)c1cnc(C2CCN(C(=O)c3cnn4ccccc34)CC2)s1. The number of carbonyl (C=O) groups excluding carboxylic acids is 1. The summed E-state index contributed by atoms with van der Waals surface area (Å²) in [6, 6.07) is 5.65. The van der Waals surface area contributed by atoms with Gasteiger partial charge in [-0.1, -0.05) is 6.07 Å². The van der Waals surface area contributed by atoms with Crippen molar-refractivity contribution in [2.45, 2.75) is 18.8 Å². The van der Waals surface area contributed by atoms with Crippen LogP contribution in [0.2, 0.25) is 0 Å². The van der Waals surface area contributed by atoms with Gasteiger partial charge in [0.15, 0.2) is 0 Å². The second-order valence-corrected chi connectivity index (χ2v) is 7.09. The third kappa shape index (κ3) is 2.89. The van der Waals surface area contributed by atoms with Crippen LogP contribution in [-0.4, -0.2) is 49.6 Å². The van der Waals surface area contributed by atoms with Crippen LogP contribution in [0.1, 0.15) is 43.8 Å². The van der Waals surface area contributed by atoms with Gasteiger partial charge in [-0.15, -0.1) is 11.3 Å². The zero-order valence-corrected chi connectivity index (χ0v) is 14.1. The van der Waals surface area contributed by atoms with Crippen LogP contribution < -0.4 is 0 Å². The molecule has 1 aliphatic rings. The van der Waals surface area contributed by atoms with Gasteiger partial charge in [0.1, 0.15) is 4.88 Å². The summed E-state index contributed by atoms with van der Waals surface area (Å²) in [7, 11) is 0. The Bertz CT molecular complexity index is 940. The zero-order valence-electron chi connectivity index (χ0n) is 13.3. The third-order valence-electron chi connectivity index (χ3n) is 4.52. The highest BCUT2D eigenvalue weighted by Crippen LogP contribution is 2.31. The van der Waals surface area contributed by atoms with Gasteiger partial charge in [0.25, 0.3) is 5.91 Å². The highest BCUT2D eigenvalue weighted by Gasteiger charge is 2.28. The van der Waals surface area contributed by atoms with Crippen LogP contribution in [0.15, 0.2) is 36.8 Å². The first-order valence-corrected chi connectivity index (χ1v) is 8.86. The molecule has 0 aliphatic carbocycles. The molecule has 0 spiro atoms. The van der Waals surface area contributed by atoms with E-state index < -0.39 is 5.97 Å². The van der Waals surface area contributed by atoms with E-state index in [9.17, 15) is 9.59 Å². The fourth-order valence-corrected chi connectivity index (χ4v) is 4.10. The molecule has 1 aliphatic heterocycles. The predicted molar refractivity (Wildman–Crippen MR) is 92.1 cm³/mol. The van der Waals surface area contributed by atoms with Crippen molar-refractivity contribution in [3.8, 4) is 0 Å². The standard InChI is InChI=1S/C17H16N4O3S/c22-16(12-9-19-21-6-2-1-3-13(12)21)20-7-4-11(5-8-20)15-18-10-14(25-15)17(23)24/h1-3,6,9-11H,4-5,7-8H2,(H,23,24). The van der Waals surface area contributed by atoms with Crippen molar-refractivity contribution in [2.24, 2.45) is 0 Å². The summed E-state index contributed by atoms with van der Waals surface area (Å²) in [6.45, 7) is 1.27. The number of likely N-dealkylation sites (tertiary alicyclic amines) is 1. The number of aromatic carboxylic acids is 1. The summed E-state index contributed by atoms with van der Waals surface area (Å²) in [4.78, 5) is 30.1. The van der Waals surface area contributed by atoms with E-state index in [1.54, 1.807) is 10.7 Å². The van der Waals surface area contributed by atoms with Gasteiger partial charge in [0.05, 0.1) is 28.5 Å². The number of carboxylic acid groups (broad SMARTS) is 1. The van der Waals surface area contributed by atoms with Crippen LogP contribution >= 0.6 is 11.3 Å². The number of hydrogen-bond donors (Lipinski definition) is 1. The van der Waals surface area contributed by atoms with Crippen molar-refractivity contribution in [3.05, 3.63) is 52.2 Å². The summed E-state index contributed by atoms with van der Waals surface area (Å²) in [5.74, 6) is -0.736. The molecule has 3 aromatic rings. The van der Waals surface area contributed by atoms with Crippen molar-refractivity contribution in [2.75, 3.05) is 13.1 Å². The van der Waals surface area contributed by atoms with E-state index in [0.717, 1.165) is 23.4 Å². The first-order valence-electron chi connectivity index (χ1n) is 8.04. The molecular formula is C17H16N4O3S. The molecule has 1 fully saturated rings. The lowest BCUT2D eigenvalue weighted by Gasteiger charge is -2.31. The molecule has 0 radical (unpaired) electrons. The molecule has 0 atom stereocenters. The molecule has 0 saturated carbocycles. The summed E-state index contributed by atoms with van der Waals surface area (Å²) in [5.41, 5.74) is 1.42.